The lowest BCUT2D eigenvalue weighted by Crippen LogP contribution is -2.53. The number of likely N-dealkylation sites (tertiary alicyclic amines) is 2. The molecular weight excluding hydrogens is 894 g/mol. The molecule has 18 heteroatoms. The zero-order valence-corrected chi connectivity index (χ0v) is 39.2. The zero-order valence-electron chi connectivity index (χ0n) is 39.2. The Hall–Kier alpha value is -6.66. The summed E-state index contributed by atoms with van der Waals surface area (Å²) in [4.78, 5) is 77.6. The molecule has 15 nitrogen and oxygen atoms in total. The highest BCUT2D eigenvalue weighted by Gasteiger charge is 2.33. The van der Waals surface area contributed by atoms with Gasteiger partial charge in [0.15, 0.2) is 5.69 Å². The van der Waals surface area contributed by atoms with Crippen LogP contribution in [0.5, 0.6) is 0 Å². The number of pyridine rings is 1. The van der Waals surface area contributed by atoms with E-state index in [4.69, 9.17) is 9.47 Å². The maximum Gasteiger partial charge on any atom is 0.412 e. The molecule has 3 aliphatic heterocycles. The molecule has 8 rings (SSSR count). The van der Waals surface area contributed by atoms with Crippen molar-refractivity contribution in [3.8, 4) is 11.1 Å². The minimum absolute atomic E-state index is 0.00280. The number of rotatable bonds is 11. The number of halogens is 3. The highest BCUT2D eigenvalue weighted by Crippen LogP contribution is 2.33. The van der Waals surface area contributed by atoms with Gasteiger partial charge in [-0.25, -0.2) is 28.0 Å². The summed E-state index contributed by atoms with van der Waals surface area (Å²) in [5, 5.41) is 10.6. The molecule has 2 N–H and O–H groups in total. The number of piperidine rings is 2. The number of anilines is 1. The topological polar surface area (TPSA) is 170 Å². The van der Waals surface area contributed by atoms with E-state index < -0.39 is 35.2 Å². The zero-order chi connectivity index (χ0) is 49.0. The summed E-state index contributed by atoms with van der Waals surface area (Å²) < 4.78 is 55.4. The quantitative estimate of drug-likeness (QED) is 0.138. The van der Waals surface area contributed by atoms with Crippen molar-refractivity contribution in [3.05, 3.63) is 123 Å². The van der Waals surface area contributed by atoms with Crippen molar-refractivity contribution in [1.29, 1.82) is 0 Å². The number of H-pyrrole nitrogens is 1. The fourth-order valence-electron chi connectivity index (χ4n) is 9.06. The second-order valence-electron chi connectivity index (χ2n) is 19.0. The summed E-state index contributed by atoms with van der Waals surface area (Å²) in [6.45, 7) is 9.55. The van der Waals surface area contributed by atoms with Crippen LogP contribution in [0.15, 0.2) is 83.8 Å². The first-order valence-corrected chi connectivity index (χ1v) is 23.4. The van der Waals surface area contributed by atoms with Crippen molar-refractivity contribution in [2.45, 2.75) is 83.5 Å². The summed E-state index contributed by atoms with van der Waals surface area (Å²) in [6, 6.07) is 18.9. The Labute approximate surface area is 398 Å². The average Bonchev–Trinajstić information content (AvgIpc) is 3.32. The van der Waals surface area contributed by atoms with Crippen molar-refractivity contribution < 1.29 is 41.8 Å². The van der Waals surface area contributed by atoms with Crippen LogP contribution in [0, 0.1) is 5.82 Å². The lowest BCUT2D eigenvalue weighted by Gasteiger charge is -2.38. The molecule has 69 heavy (non-hydrogen) atoms. The van der Waals surface area contributed by atoms with Gasteiger partial charge in [-0.15, -0.1) is 0 Å². The second kappa shape index (κ2) is 20.5. The number of carbonyl (C=O) groups excluding carboxylic acids is 4. The molecule has 3 aromatic carbocycles. The number of benzene rings is 3. The lowest BCUT2D eigenvalue weighted by molar-refractivity contribution is -0.135. The van der Waals surface area contributed by atoms with Crippen LogP contribution in [-0.2, 0) is 26.6 Å². The molecule has 0 aliphatic carbocycles. The van der Waals surface area contributed by atoms with Gasteiger partial charge in [-0.2, -0.15) is 5.10 Å². The third kappa shape index (κ3) is 12.0. The van der Waals surface area contributed by atoms with E-state index in [1.54, 1.807) is 71.9 Å². The molecule has 5 aromatic rings. The number of aromatic nitrogens is 3. The molecule has 364 valence electrons. The molecule has 0 bridgehead atoms. The fraction of sp³-hybridized carbons (Fsp3) is 0.431. The number of amides is 4. The average molecular weight is 951 g/mol. The summed E-state index contributed by atoms with van der Waals surface area (Å²) in [7, 11) is 0. The molecule has 3 fully saturated rings. The standard InChI is InChI=1S/C51H57F3N8O7/c1-50(2,3)69-49(67)56-43-29-34(33-8-7-9-35(28-33)51(4,53)54)30-55-45(43)48(66)61-20-16-37(17-21-61)68-36-14-18-59(19-15-36)31-44(63)60-22-24-62(25-23-60)47(65)40-26-32(12-13-41(40)52)27-42-38-10-5-6-11-39(38)46(64)58-57-42/h5-13,26,28-30,36-37H,14-25,27,31H2,1-4H3,(H,56,67)(H,58,64). The van der Waals surface area contributed by atoms with Gasteiger partial charge in [0.2, 0.25) is 5.91 Å². The first kappa shape index (κ1) is 48.8. The highest BCUT2D eigenvalue weighted by molar-refractivity contribution is 6.02. The van der Waals surface area contributed by atoms with Crippen LogP contribution in [-0.4, -0.2) is 135 Å². The molecule has 4 amide bonds. The molecule has 0 saturated carbocycles. The Balaban J connectivity index is 0.789. The van der Waals surface area contributed by atoms with Gasteiger partial charge >= 0.3 is 6.09 Å². The minimum Gasteiger partial charge on any atom is -0.444 e. The van der Waals surface area contributed by atoms with E-state index in [0.717, 1.165) is 19.8 Å². The third-order valence-electron chi connectivity index (χ3n) is 12.8. The summed E-state index contributed by atoms with van der Waals surface area (Å²) in [5.74, 6) is -4.57. The third-order valence-corrected chi connectivity index (χ3v) is 12.8. The predicted molar refractivity (Wildman–Crippen MR) is 253 cm³/mol. The van der Waals surface area contributed by atoms with Crippen LogP contribution < -0.4 is 10.9 Å². The van der Waals surface area contributed by atoms with Crippen molar-refractivity contribution in [2.75, 3.05) is 64.2 Å². The highest BCUT2D eigenvalue weighted by atomic mass is 19.3. The van der Waals surface area contributed by atoms with Gasteiger partial charge in [0.1, 0.15) is 11.4 Å². The van der Waals surface area contributed by atoms with E-state index >= 15 is 4.39 Å². The van der Waals surface area contributed by atoms with Crippen LogP contribution in [0.1, 0.15) is 91.0 Å². The number of aromatic amines is 1. The molecule has 5 heterocycles. The van der Waals surface area contributed by atoms with Crippen LogP contribution in [0.4, 0.5) is 23.7 Å². The van der Waals surface area contributed by atoms with E-state index in [-0.39, 0.29) is 72.2 Å². The number of fused-ring (bicyclic) bond motifs is 1. The van der Waals surface area contributed by atoms with Crippen molar-refractivity contribution in [3.63, 3.8) is 0 Å². The van der Waals surface area contributed by atoms with E-state index in [9.17, 15) is 32.8 Å². The van der Waals surface area contributed by atoms with Crippen LogP contribution in [0.3, 0.4) is 0 Å². The smallest absolute Gasteiger partial charge is 0.412 e. The molecule has 2 aromatic heterocycles. The van der Waals surface area contributed by atoms with Gasteiger partial charge in [-0.1, -0.05) is 42.5 Å². The molecule has 3 saturated heterocycles. The van der Waals surface area contributed by atoms with E-state index in [0.29, 0.717) is 85.3 Å². The maximum absolute atomic E-state index is 15.1. The fourth-order valence-corrected chi connectivity index (χ4v) is 9.06. The monoisotopic (exact) mass is 950 g/mol. The van der Waals surface area contributed by atoms with E-state index in [1.807, 2.05) is 6.07 Å². The molecule has 0 spiro atoms. The van der Waals surface area contributed by atoms with Crippen molar-refractivity contribution in [1.82, 2.24) is 34.8 Å². The number of hydrogen-bond donors (Lipinski definition) is 2. The maximum atomic E-state index is 15.1. The second-order valence-corrected chi connectivity index (χ2v) is 19.0. The van der Waals surface area contributed by atoms with E-state index in [1.165, 1.54) is 36.5 Å². The van der Waals surface area contributed by atoms with Gasteiger partial charge in [-0.05, 0) is 87.9 Å². The number of hydrogen-bond acceptors (Lipinski definition) is 10. The number of nitrogens with one attached hydrogen (secondary N) is 2. The predicted octanol–water partition coefficient (Wildman–Crippen LogP) is 7.24. The summed E-state index contributed by atoms with van der Waals surface area (Å²) >= 11 is 0. The van der Waals surface area contributed by atoms with Gasteiger partial charge in [0.25, 0.3) is 23.3 Å². The molecular formula is C51H57F3N8O7. The van der Waals surface area contributed by atoms with Gasteiger partial charge in [0, 0.05) is 88.4 Å². The number of nitrogens with zero attached hydrogens (tertiary/aromatic N) is 6. The SMILES string of the molecule is CC(C)(C)OC(=O)Nc1cc(-c2cccc(C(C)(F)F)c2)cnc1C(=O)N1CCC(OC2CCN(CC(=O)N3CCN(C(=O)c4cc(Cc5n[nH]c(=O)c6ccccc56)ccc4F)CC3)CC2)CC1. The summed E-state index contributed by atoms with van der Waals surface area (Å²) in [5.41, 5.74) is 0.909. The number of ether oxygens (including phenoxy) is 2. The van der Waals surface area contributed by atoms with Crippen molar-refractivity contribution in [2.24, 2.45) is 0 Å². The van der Waals surface area contributed by atoms with Gasteiger partial charge in [0.05, 0.1) is 41.1 Å². The number of carbonyl (C=O) groups is 4. The van der Waals surface area contributed by atoms with Crippen LogP contribution >= 0.6 is 0 Å². The van der Waals surface area contributed by atoms with E-state index in [2.05, 4.69) is 25.4 Å². The Bertz CT molecular complexity index is 2770. The Morgan fingerprint density at radius 3 is 2.09 bits per heavy atom. The summed E-state index contributed by atoms with van der Waals surface area (Å²) in [6.07, 6.45) is 3.51. The largest absolute Gasteiger partial charge is 0.444 e. The van der Waals surface area contributed by atoms with Gasteiger partial charge in [-0.3, -0.25) is 29.4 Å². The van der Waals surface area contributed by atoms with Crippen LogP contribution in [0.2, 0.25) is 0 Å². The number of alkyl halides is 2. The minimum atomic E-state index is -3.07. The Kier molecular flexibility index (Phi) is 14.5. The molecule has 0 radical (unpaired) electrons. The first-order chi connectivity index (χ1) is 32.9. The van der Waals surface area contributed by atoms with Gasteiger partial charge < -0.3 is 24.2 Å². The Morgan fingerprint density at radius 1 is 0.754 bits per heavy atom. The lowest BCUT2D eigenvalue weighted by atomic mass is 10.0. The van der Waals surface area contributed by atoms with Crippen LogP contribution in [0.25, 0.3) is 21.9 Å². The molecule has 0 unspecified atom stereocenters. The molecule has 3 aliphatic rings. The Morgan fingerprint density at radius 2 is 1.41 bits per heavy atom. The molecule has 0 atom stereocenters. The first-order valence-electron chi connectivity index (χ1n) is 23.4. The van der Waals surface area contributed by atoms with Crippen molar-refractivity contribution >= 4 is 40.3 Å². The number of piperazine rings is 1. The normalized spacial score (nSPS) is 16.7.